The number of nitrogens with two attached hydrogens (primary N) is 1. The Morgan fingerprint density at radius 1 is 1.52 bits per heavy atom. The molecule has 1 aromatic rings. The van der Waals surface area contributed by atoms with Crippen LogP contribution >= 0.6 is 24.0 Å². The zero-order chi connectivity index (χ0) is 14.7. The van der Waals surface area contributed by atoms with Crippen LogP contribution in [0.1, 0.15) is 18.4 Å². The monoisotopic (exact) mass is 333 g/mol. The van der Waals surface area contributed by atoms with Gasteiger partial charge in [-0.05, 0) is 18.4 Å². The summed E-state index contributed by atoms with van der Waals surface area (Å²) >= 11 is 5.99. The largest absolute Gasteiger partial charge is 0.338 e. The summed E-state index contributed by atoms with van der Waals surface area (Å²) in [6, 6.07) is 4.26. The summed E-state index contributed by atoms with van der Waals surface area (Å²) in [5, 5.41) is 10.9. The highest BCUT2D eigenvalue weighted by molar-refractivity contribution is 6.31. The van der Waals surface area contributed by atoms with E-state index in [1.54, 1.807) is 4.90 Å². The van der Waals surface area contributed by atoms with Crippen molar-refractivity contribution in [1.82, 2.24) is 4.90 Å². The van der Waals surface area contributed by atoms with Gasteiger partial charge in [0, 0.05) is 31.3 Å². The number of halogens is 2. The van der Waals surface area contributed by atoms with Crippen LogP contribution < -0.4 is 5.73 Å². The van der Waals surface area contributed by atoms with Crippen LogP contribution in [0.25, 0.3) is 0 Å². The summed E-state index contributed by atoms with van der Waals surface area (Å²) < 4.78 is 0. The first-order valence-electron chi connectivity index (χ1n) is 6.45. The van der Waals surface area contributed by atoms with Crippen LogP contribution in [-0.2, 0) is 11.2 Å². The minimum Gasteiger partial charge on any atom is -0.338 e. The van der Waals surface area contributed by atoms with Crippen LogP contribution in [0.2, 0.25) is 5.02 Å². The quantitative estimate of drug-likeness (QED) is 0.675. The average molecular weight is 334 g/mol. The number of nitrogens with zero attached hydrogens (tertiary/aromatic N) is 2. The molecule has 0 aliphatic carbocycles. The van der Waals surface area contributed by atoms with Crippen molar-refractivity contribution in [1.29, 1.82) is 0 Å². The third-order valence-electron chi connectivity index (χ3n) is 3.56. The van der Waals surface area contributed by atoms with E-state index in [0.29, 0.717) is 18.7 Å². The molecule has 8 heteroatoms. The number of hydrogen-bond donors (Lipinski definition) is 1. The number of benzene rings is 1. The molecule has 1 fully saturated rings. The Hall–Kier alpha value is -1.37. The molecule has 1 unspecified atom stereocenters. The van der Waals surface area contributed by atoms with E-state index in [4.69, 9.17) is 17.3 Å². The second-order valence-corrected chi connectivity index (χ2v) is 5.24. The number of rotatable bonds is 4. The van der Waals surface area contributed by atoms with Crippen LogP contribution in [0.15, 0.2) is 18.2 Å². The van der Waals surface area contributed by atoms with Crippen LogP contribution in [0.4, 0.5) is 5.69 Å². The van der Waals surface area contributed by atoms with Crippen LogP contribution in [0, 0.1) is 10.1 Å². The number of nitro groups is 1. The van der Waals surface area contributed by atoms with E-state index < -0.39 is 4.92 Å². The van der Waals surface area contributed by atoms with Gasteiger partial charge in [-0.25, -0.2) is 0 Å². The van der Waals surface area contributed by atoms with Gasteiger partial charge in [0.05, 0.1) is 16.4 Å². The van der Waals surface area contributed by atoms with Crippen molar-refractivity contribution in [2.75, 3.05) is 13.1 Å². The molecular weight excluding hydrogens is 317 g/mol. The molecule has 1 aliphatic rings. The lowest BCUT2D eigenvalue weighted by Gasteiger charge is -2.23. The fraction of sp³-hybridized carbons (Fsp3) is 0.462. The maximum absolute atomic E-state index is 12.2. The minimum atomic E-state index is -0.512. The molecule has 1 saturated heterocycles. The van der Waals surface area contributed by atoms with Gasteiger partial charge in [0.1, 0.15) is 0 Å². The lowest BCUT2D eigenvalue weighted by molar-refractivity contribution is -0.384. The Morgan fingerprint density at radius 3 is 2.81 bits per heavy atom. The molecule has 1 aliphatic heterocycles. The number of carbonyl (C=O) groups excluding carboxylic acids is 1. The van der Waals surface area contributed by atoms with Gasteiger partial charge in [-0.2, -0.15) is 0 Å². The number of non-ortho nitro benzene ring substituents is 1. The lowest BCUT2D eigenvalue weighted by Crippen LogP contribution is -2.40. The van der Waals surface area contributed by atoms with E-state index in [9.17, 15) is 14.9 Å². The molecule has 0 saturated carbocycles. The zero-order valence-electron chi connectivity index (χ0n) is 11.3. The molecule has 0 spiro atoms. The molecule has 1 atom stereocenters. The first kappa shape index (κ1) is 17.7. The first-order chi connectivity index (χ1) is 9.52. The molecule has 2 rings (SSSR count). The highest BCUT2D eigenvalue weighted by Gasteiger charge is 2.27. The minimum absolute atomic E-state index is 0. The zero-order valence-corrected chi connectivity index (χ0v) is 12.9. The van der Waals surface area contributed by atoms with Gasteiger partial charge >= 0.3 is 0 Å². The third-order valence-corrected chi connectivity index (χ3v) is 3.91. The molecule has 0 radical (unpaired) electrons. The number of nitro benzene ring substituents is 1. The first-order valence-corrected chi connectivity index (χ1v) is 6.83. The number of carbonyl (C=O) groups is 1. The molecule has 2 N–H and O–H groups in total. The number of hydrogen-bond acceptors (Lipinski definition) is 4. The van der Waals surface area contributed by atoms with E-state index in [-0.39, 0.29) is 41.5 Å². The topological polar surface area (TPSA) is 89.5 Å². The van der Waals surface area contributed by atoms with Gasteiger partial charge in [-0.1, -0.05) is 17.7 Å². The van der Waals surface area contributed by atoms with E-state index in [1.807, 2.05) is 0 Å². The van der Waals surface area contributed by atoms with Crippen LogP contribution in [0.5, 0.6) is 0 Å². The summed E-state index contributed by atoms with van der Waals surface area (Å²) in [4.78, 5) is 24.1. The van der Waals surface area contributed by atoms with Gasteiger partial charge in [-0.3, -0.25) is 14.9 Å². The number of likely N-dealkylation sites (tertiary alicyclic amines) is 1. The maximum Gasteiger partial charge on any atom is 0.270 e. The normalized spacial score (nSPS) is 17.4. The van der Waals surface area contributed by atoms with E-state index in [0.717, 1.165) is 12.8 Å². The maximum atomic E-state index is 12.2. The Balaban J connectivity index is 0.00000220. The second-order valence-electron chi connectivity index (χ2n) is 4.83. The summed E-state index contributed by atoms with van der Waals surface area (Å²) in [5.41, 5.74) is 6.17. The van der Waals surface area contributed by atoms with Gasteiger partial charge in [-0.15, -0.1) is 12.4 Å². The predicted octanol–water partition coefficient (Wildman–Crippen LogP) is 2.16. The van der Waals surface area contributed by atoms with Crippen molar-refractivity contribution >= 4 is 35.6 Å². The van der Waals surface area contributed by atoms with Crippen molar-refractivity contribution in [3.05, 3.63) is 38.9 Å². The highest BCUT2D eigenvalue weighted by Crippen LogP contribution is 2.24. The van der Waals surface area contributed by atoms with Crippen molar-refractivity contribution in [2.24, 2.45) is 5.73 Å². The third kappa shape index (κ3) is 4.06. The van der Waals surface area contributed by atoms with Gasteiger partial charge in [0.2, 0.25) is 5.91 Å². The van der Waals surface area contributed by atoms with E-state index in [1.165, 1.54) is 18.2 Å². The SMILES string of the molecule is Cl.NCC1CCCN1C(=O)Cc1ccc([N+](=O)[O-])cc1Cl. The molecule has 0 bridgehead atoms. The van der Waals surface area contributed by atoms with Crippen LogP contribution in [-0.4, -0.2) is 34.9 Å². The Labute approximate surface area is 133 Å². The molecule has 0 aromatic heterocycles. The second kappa shape index (κ2) is 7.59. The highest BCUT2D eigenvalue weighted by atomic mass is 35.5. The van der Waals surface area contributed by atoms with Crippen molar-refractivity contribution in [2.45, 2.75) is 25.3 Å². The van der Waals surface area contributed by atoms with Crippen molar-refractivity contribution in [3.63, 3.8) is 0 Å². The molecule has 1 amide bonds. The van der Waals surface area contributed by atoms with Crippen molar-refractivity contribution in [3.8, 4) is 0 Å². The average Bonchev–Trinajstić information content (AvgIpc) is 2.89. The van der Waals surface area contributed by atoms with Crippen molar-refractivity contribution < 1.29 is 9.72 Å². The molecule has 21 heavy (non-hydrogen) atoms. The molecular formula is C13H17Cl2N3O3. The standard InChI is InChI=1S/C13H16ClN3O3.ClH/c14-12-7-10(17(19)20)4-3-9(12)6-13(18)16-5-1-2-11(16)8-15;/h3-4,7,11H,1-2,5-6,8,15H2;1H. The summed E-state index contributed by atoms with van der Waals surface area (Å²) in [6.45, 7) is 1.17. The summed E-state index contributed by atoms with van der Waals surface area (Å²) in [7, 11) is 0. The molecule has 6 nitrogen and oxygen atoms in total. The molecule has 116 valence electrons. The Kier molecular flexibility index (Phi) is 6.39. The summed E-state index contributed by atoms with van der Waals surface area (Å²) in [6.07, 6.45) is 2.03. The predicted molar refractivity (Wildman–Crippen MR) is 82.8 cm³/mol. The summed E-state index contributed by atoms with van der Waals surface area (Å²) in [5.74, 6) is -0.0336. The fourth-order valence-electron chi connectivity index (χ4n) is 2.47. The van der Waals surface area contributed by atoms with Crippen LogP contribution in [0.3, 0.4) is 0 Å². The van der Waals surface area contributed by atoms with E-state index in [2.05, 4.69) is 0 Å². The Bertz CT molecular complexity index is 539. The van der Waals surface area contributed by atoms with Gasteiger partial charge < -0.3 is 10.6 Å². The fourth-order valence-corrected chi connectivity index (χ4v) is 2.71. The van der Waals surface area contributed by atoms with Gasteiger partial charge in [0.25, 0.3) is 5.69 Å². The van der Waals surface area contributed by atoms with Gasteiger partial charge in [0.15, 0.2) is 0 Å². The Morgan fingerprint density at radius 2 is 2.24 bits per heavy atom. The molecule has 1 aromatic carbocycles. The lowest BCUT2D eigenvalue weighted by atomic mass is 10.1. The van der Waals surface area contributed by atoms with E-state index >= 15 is 0 Å². The number of amides is 1. The molecule has 1 heterocycles. The smallest absolute Gasteiger partial charge is 0.270 e.